The van der Waals surface area contributed by atoms with Crippen LogP contribution < -0.4 is 15.8 Å². The summed E-state index contributed by atoms with van der Waals surface area (Å²) in [5.41, 5.74) is 4.42. The third-order valence-electron chi connectivity index (χ3n) is 6.12. The standard InChI is InChI=1S/C27H30N4O4/c1-4-31(5-2)21-9-10-22-18(3)23(26(32)35-24(22)16-21)11-14-34-27(33)30-17-19-7-6-8-20(15-19)25-28-12-13-29-25/h6-10,12-13,15-16H,4-5,11,14,17H2,1-3H3,(H,28,29)(H,30,33). The number of imidazole rings is 1. The molecule has 0 radical (unpaired) electrons. The number of hydrogen-bond acceptors (Lipinski definition) is 6. The van der Waals surface area contributed by atoms with Crippen LogP contribution in [0, 0.1) is 6.92 Å². The molecule has 0 atom stereocenters. The first kappa shape index (κ1) is 24.1. The number of amides is 1. The number of ether oxygens (including phenoxy) is 1. The number of nitrogens with zero attached hydrogens (tertiary/aromatic N) is 2. The molecule has 1 amide bonds. The van der Waals surface area contributed by atoms with Crippen molar-refractivity contribution in [2.24, 2.45) is 0 Å². The normalized spacial score (nSPS) is 10.9. The average molecular weight is 475 g/mol. The number of hydrogen-bond donors (Lipinski definition) is 2. The Morgan fingerprint density at radius 3 is 2.74 bits per heavy atom. The van der Waals surface area contributed by atoms with E-state index in [4.69, 9.17) is 9.15 Å². The lowest BCUT2D eigenvalue weighted by Gasteiger charge is -2.21. The number of fused-ring (bicyclic) bond motifs is 1. The highest BCUT2D eigenvalue weighted by Crippen LogP contribution is 2.25. The van der Waals surface area contributed by atoms with Crippen LogP contribution in [0.5, 0.6) is 0 Å². The predicted octanol–water partition coefficient (Wildman–Crippen LogP) is 4.81. The van der Waals surface area contributed by atoms with Gasteiger partial charge in [0.1, 0.15) is 11.4 Å². The van der Waals surface area contributed by atoms with E-state index in [1.54, 1.807) is 12.4 Å². The third-order valence-corrected chi connectivity index (χ3v) is 6.12. The Morgan fingerprint density at radius 2 is 2.00 bits per heavy atom. The molecule has 0 saturated carbocycles. The van der Waals surface area contributed by atoms with Crippen molar-refractivity contribution >= 4 is 22.7 Å². The Balaban J connectivity index is 1.35. The number of carbonyl (C=O) groups excluding carboxylic acids is 1. The number of aromatic nitrogens is 2. The van der Waals surface area contributed by atoms with Gasteiger partial charge in [0.15, 0.2) is 0 Å². The fourth-order valence-electron chi connectivity index (χ4n) is 4.18. The fraction of sp³-hybridized carbons (Fsp3) is 0.296. The first-order valence-electron chi connectivity index (χ1n) is 11.8. The fourth-order valence-corrected chi connectivity index (χ4v) is 4.18. The topological polar surface area (TPSA) is 100 Å². The molecule has 0 aliphatic carbocycles. The maximum atomic E-state index is 12.6. The second-order valence-electron chi connectivity index (χ2n) is 8.22. The molecule has 0 aliphatic rings. The van der Waals surface area contributed by atoms with Gasteiger partial charge in [0.05, 0.1) is 6.61 Å². The van der Waals surface area contributed by atoms with Gasteiger partial charge < -0.3 is 24.4 Å². The van der Waals surface area contributed by atoms with E-state index in [-0.39, 0.29) is 13.0 Å². The molecule has 8 nitrogen and oxygen atoms in total. The maximum absolute atomic E-state index is 12.6. The van der Waals surface area contributed by atoms with Crippen LogP contribution >= 0.6 is 0 Å². The van der Waals surface area contributed by atoms with Crippen LogP contribution in [0.3, 0.4) is 0 Å². The Labute approximate surface area is 203 Å². The molecule has 0 fully saturated rings. The van der Waals surface area contributed by atoms with E-state index in [0.717, 1.165) is 46.7 Å². The summed E-state index contributed by atoms with van der Waals surface area (Å²) in [6.07, 6.45) is 3.20. The van der Waals surface area contributed by atoms with Crippen LogP contribution in [0.2, 0.25) is 0 Å². The zero-order valence-electron chi connectivity index (χ0n) is 20.3. The Kier molecular flexibility index (Phi) is 7.50. The summed E-state index contributed by atoms with van der Waals surface area (Å²) in [6, 6.07) is 13.7. The number of aromatic amines is 1. The summed E-state index contributed by atoms with van der Waals surface area (Å²) in [7, 11) is 0. The second kappa shape index (κ2) is 10.9. The van der Waals surface area contributed by atoms with Crippen LogP contribution in [-0.4, -0.2) is 35.8 Å². The lowest BCUT2D eigenvalue weighted by molar-refractivity contribution is 0.146. The van der Waals surface area contributed by atoms with E-state index in [9.17, 15) is 9.59 Å². The third kappa shape index (κ3) is 5.54. The van der Waals surface area contributed by atoms with Gasteiger partial charge in [-0.05, 0) is 50.1 Å². The number of anilines is 1. The van der Waals surface area contributed by atoms with Crippen molar-refractivity contribution in [3.63, 3.8) is 0 Å². The highest BCUT2D eigenvalue weighted by molar-refractivity contribution is 5.84. The van der Waals surface area contributed by atoms with Crippen LogP contribution in [0.1, 0.15) is 30.5 Å². The largest absolute Gasteiger partial charge is 0.449 e. The molecular formula is C27H30N4O4. The molecular weight excluding hydrogens is 444 g/mol. The molecule has 4 rings (SSSR count). The number of alkyl carbamates (subject to hydrolysis) is 1. The molecule has 4 aromatic rings. The zero-order valence-corrected chi connectivity index (χ0v) is 20.3. The molecule has 0 saturated heterocycles. The summed E-state index contributed by atoms with van der Waals surface area (Å²) < 4.78 is 10.9. The monoisotopic (exact) mass is 474 g/mol. The highest BCUT2D eigenvalue weighted by Gasteiger charge is 2.14. The van der Waals surface area contributed by atoms with Crippen molar-refractivity contribution in [1.29, 1.82) is 0 Å². The predicted molar refractivity (Wildman–Crippen MR) is 137 cm³/mol. The van der Waals surface area contributed by atoms with E-state index in [2.05, 4.69) is 34.0 Å². The van der Waals surface area contributed by atoms with Gasteiger partial charge in [0.25, 0.3) is 0 Å². The van der Waals surface area contributed by atoms with Crippen LogP contribution in [0.15, 0.2) is 64.1 Å². The second-order valence-corrected chi connectivity index (χ2v) is 8.22. The molecule has 0 bridgehead atoms. The summed E-state index contributed by atoms with van der Waals surface area (Å²) in [5.74, 6) is 0.767. The molecule has 2 aromatic carbocycles. The van der Waals surface area contributed by atoms with Crippen molar-refractivity contribution in [2.75, 3.05) is 24.6 Å². The van der Waals surface area contributed by atoms with E-state index in [1.807, 2.05) is 49.4 Å². The minimum atomic E-state index is -0.542. The summed E-state index contributed by atoms with van der Waals surface area (Å²) >= 11 is 0. The molecule has 2 N–H and O–H groups in total. The minimum Gasteiger partial charge on any atom is -0.449 e. The summed E-state index contributed by atoms with van der Waals surface area (Å²) in [6.45, 7) is 8.22. The van der Waals surface area contributed by atoms with E-state index in [0.29, 0.717) is 17.7 Å². The van der Waals surface area contributed by atoms with Crippen LogP contribution in [0.25, 0.3) is 22.4 Å². The number of H-pyrrole nitrogens is 1. The maximum Gasteiger partial charge on any atom is 0.407 e. The van der Waals surface area contributed by atoms with Gasteiger partial charge in [0.2, 0.25) is 0 Å². The lowest BCUT2D eigenvalue weighted by atomic mass is 10.0. The molecule has 0 unspecified atom stereocenters. The van der Waals surface area contributed by atoms with Gasteiger partial charge in [-0.2, -0.15) is 0 Å². The molecule has 8 heteroatoms. The zero-order chi connectivity index (χ0) is 24.8. The lowest BCUT2D eigenvalue weighted by Crippen LogP contribution is -2.25. The molecule has 182 valence electrons. The van der Waals surface area contributed by atoms with Gasteiger partial charge in [0, 0.05) is 66.7 Å². The Morgan fingerprint density at radius 1 is 1.17 bits per heavy atom. The number of rotatable bonds is 9. The Hall–Kier alpha value is -4.07. The molecule has 2 aromatic heterocycles. The molecule has 35 heavy (non-hydrogen) atoms. The van der Waals surface area contributed by atoms with Crippen molar-refractivity contribution < 1.29 is 13.9 Å². The van der Waals surface area contributed by atoms with Crippen molar-refractivity contribution in [3.8, 4) is 11.4 Å². The molecule has 2 heterocycles. The average Bonchev–Trinajstić information content (AvgIpc) is 3.41. The van der Waals surface area contributed by atoms with Gasteiger partial charge in [-0.15, -0.1) is 0 Å². The van der Waals surface area contributed by atoms with E-state index >= 15 is 0 Å². The van der Waals surface area contributed by atoms with Gasteiger partial charge >= 0.3 is 11.7 Å². The van der Waals surface area contributed by atoms with Crippen LogP contribution in [0.4, 0.5) is 10.5 Å². The van der Waals surface area contributed by atoms with Gasteiger partial charge in [-0.1, -0.05) is 18.2 Å². The number of nitrogens with one attached hydrogen (secondary N) is 2. The summed E-state index contributed by atoms with van der Waals surface area (Å²) in [5, 5.41) is 3.63. The van der Waals surface area contributed by atoms with Gasteiger partial charge in [-0.3, -0.25) is 0 Å². The van der Waals surface area contributed by atoms with Crippen molar-refractivity contribution in [2.45, 2.75) is 33.7 Å². The quantitative estimate of drug-likeness (QED) is 0.338. The minimum absolute atomic E-state index is 0.0763. The van der Waals surface area contributed by atoms with Crippen molar-refractivity contribution in [3.05, 3.63) is 82.0 Å². The van der Waals surface area contributed by atoms with Crippen LogP contribution in [-0.2, 0) is 17.7 Å². The number of aryl methyl sites for hydroxylation is 1. The van der Waals surface area contributed by atoms with Crippen molar-refractivity contribution in [1.82, 2.24) is 15.3 Å². The van der Waals surface area contributed by atoms with E-state index < -0.39 is 11.7 Å². The SMILES string of the molecule is CCN(CC)c1ccc2c(C)c(CCOC(=O)NCc3cccc(-c4ncc[nH]4)c3)c(=O)oc2c1. The smallest absolute Gasteiger partial charge is 0.407 e. The molecule has 0 aliphatic heterocycles. The Bertz CT molecular complexity index is 1360. The number of carbonyl (C=O) groups is 1. The summed E-state index contributed by atoms with van der Waals surface area (Å²) in [4.78, 5) is 34.4. The first-order valence-corrected chi connectivity index (χ1v) is 11.8. The van der Waals surface area contributed by atoms with E-state index in [1.165, 1.54) is 0 Å². The van der Waals surface area contributed by atoms with Gasteiger partial charge in [-0.25, -0.2) is 14.6 Å². The number of benzene rings is 2. The highest BCUT2D eigenvalue weighted by atomic mass is 16.5. The molecule has 0 spiro atoms. The first-order chi connectivity index (χ1) is 17.0.